The van der Waals surface area contributed by atoms with Crippen molar-refractivity contribution in [2.45, 2.75) is 13.0 Å². The Labute approximate surface area is 146 Å². The van der Waals surface area contributed by atoms with E-state index in [4.69, 9.17) is 9.47 Å². The van der Waals surface area contributed by atoms with Crippen molar-refractivity contribution in [2.24, 2.45) is 0 Å². The molecule has 0 bridgehead atoms. The van der Waals surface area contributed by atoms with E-state index in [9.17, 15) is 0 Å². The number of anilines is 1. The molecule has 0 amide bonds. The summed E-state index contributed by atoms with van der Waals surface area (Å²) in [6.07, 6.45) is 1.55. The summed E-state index contributed by atoms with van der Waals surface area (Å²) in [6.45, 7) is 2.10. The second-order valence-electron chi connectivity index (χ2n) is 4.98. The SMILES string of the molecule is COc1cc2ncnc(NC(C)c3cc(Br)cs3)c2cc1OC. The maximum Gasteiger partial charge on any atom is 0.162 e. The van der Waals surface area contributed by atoms with Crippen LogP contribution in [0.3, 0.4) is 0 Å². The van der Waals surface area contributed by atoms with Gasteiger partial charge < -0.3 is 14.8 Å². The number of aromatic nitrogens is 2. The van der Waals surface area contributed by atoms with Gasteiger partial charge in [0.2, 0.25) is 0 Å². The second-order valence-corrected chi connectivity index (χ2v) is 6.84. The summed E-state index contributed by atoms with van der Waals surface area (Å²) < 4.78 is 11.8. The van der Waals surface area contributed by atoms with E-state index in [1.165, 1.54) is 4.88 Å². The van der Waals surface area contributed by atoms with E-state index < -0.39 is 0 Å². The molecule has 0 aliphatic carbocycles. The highest BCUT2D eigenvalue weighted by Gasteiger charge is 2.14. The molecule has 0 saturated heterocycles. The lowest BCUT2D eigenvalue weighted by Gasteiger charge is -2.15. The zero-order valence-corrected chi connectivity index (χ0v) is 15.4. The van der Waals surface area contributed by atoms with Gasteiger partial charge in [-0.25, -0.2) is 9.97 Å². The minimum absolute atomic E-state index is 0.137. The third-order valence-corrected chi connectivity index (χ3v) is 5.38. The van der Waals surface area contributed by atoms with Gasteiger partial charge in [0.1, 0.15) is 12.1 Å². The Bertz CT molecular complexity index is 837. The van der Waals surface area contributed by atoms with Crippen LogP contribution in [0, 0.1) is 0 Å². The highest BCUT2D eigenvalue weighted by atomic mass is 79.9. The van der Waals surface area contributed by atoms with Crippen LogP contribution in [0.5, 0.6) is 11.5 Å². The molecule has 0 fully saturated rings. The summed E-state index contributed by atoms with van der Waals surface area (Å²) in [7, 11) is 3.23. The Morgan fingerprint density at radius 3 is 2.52 bits per heavy atom. The van der Waals surface area contributed by atoms with Gasteiger partial charge in [-0.2, -0.15) is 0 Å². The predicted molar refractivity (Wildman–Crippen MR) is 96.7 cm³/mol. The van der Waals surface area contributed by atoms with Gasteiger partial charge in [0.15, 0.2) is 11.5 Å². The average molecular weight is 394 g/mol. The van der Waals surface area contributed by atoms with Crippen LogP contribution in [-0.2, 0) is 0 Å². The molecule has 1 aromatic carbocycles. The third-order valence-electron chi connectivity index (χ3n) is 3.51. The topological polar surface area (TPSA) is 56.3 Å². The van der Waals surface area contributed by atoms with E-state index in [0.29, 0.717) is 11.5 Å². The lowest BCUT2D eigenvalue weighted by Crippen LogP contribution is -2.07. The normalized spacial score (nSPS) is 12.2. The molecule has 0 radical (unpaired) electrons. The number of methoxy groups -OCH3 is 2. The van der Waals surface area contributed by atoms with Crippen molar-refractivity contribution >= 4 is 44.0 Å². The molecule has 0 aliphatic heterocycles. The van der Waals surface area contributed by atoms with E-state index in [-0.39, 0.29) is 6.04 Å². The molecule has 7 heteroatoms. The van der Waals surface area contributed by atoms with Crippen LogP contribution in [0.2, 0.25) is 0 Å². The first kappa shape index (κ1) is 16.0. The number of benzene rings is 1. The zero-order valence-electron chi connectivity index (χ0n) is 13.0. The van der Waals surface area contributed by atoms with E-state index >= 15 is 0 Å². The molecule has 3 rings (SSSR count). The van der Waals surface area contributed by atoms with Crippen molar-refractivity contribution in [1.29, 1.82) is 0 Å². The summed E-state index contributed by atoms with van der Waals surface area (Å²) in [4.78, 5) is 9.93. The van der Waals surface area contributed by atoms with Crippen LogP contribution in [0.25, 0.3) is 10.9 Å². The molecule has 2 heterocycles. The van der Waals surface area contributed by atoms with Crippen LogP contribution in [0.15, 0.2) is 34.4 Å². The predicted octanol–water partition coefficient (Wildman–Crippen LogP) is 4.64. The van der Waals surface area contributed by atoms with E-state index in [1.54, 1.807) is 31.9 Å². The Hall–Kier alpha value is -1.86. The Balaban J connectivity index is 2.00. The number of nitrogens with one attached hydrogen (secondary N) is 1. The fourth-order valence-corrected chi connectivity index (χ4v) is 3.78. The molecule has 3 aromatic rings. The van der Waals surface area contributed by atoms with Gasteiger partial charge in [0, 0.05) is 26.2 Å². The molecule has 2 aromatic heterocycles. The number of rotatable bonds is 5. The van der Waals surface area contributed by atoms with Gasteiger partial charge in [-0.1, -0.05) is 0 Å². The fourth-order valence-electron chi connectivity index (χ4n) is 2.33. The number of fused-ring (bicyclic) bond motifs is 1. The van der Waals surface area contributed by atoms with Crippen LogP contribution < -0.4 is 14.8 Å². The van der Waals surface area contributed by atoms with Crippen molar-refractivity contribution in [3.05, 3.63) is 39.3 Å². The molecule has 1 N–H and O–H groups in total. The van der Waals surface area contributed by atoms with Gasteiger partial charge in [-0.15, -0.1) is 11.3 Å². The maximum absolute atomic E-state index is 5.38. The molecule has 0 saturated carbocycles. The molecular formula is C16H16BrN3O2S. The Morgan fingerprint density at radius 2 is 1.87 bits per heavy atom. The van der Waals surface area contributed by atoms with Crippen molar-refractivity contribution in [3.8, 4) is 11.5 Å². The minimum atomic E-state index is 0.137. The summed E-state index contributed by atoms with van der Waals surface area (Å²) in [5.74, 6) is 2.08. The summed E-state index contributed by atoms with van der Waals surface area (Å²) in [5, 5.41) is 6.41. The molecule has 120 valence electrons. The highest BCUT2D eigenvalue weighted by molar-refractivity contribution is 9.10. The van der Waals surface area contributed by atoms with Crippen LogP contribution in [-0.4, -0.2) is 24.2 Å². The van der Waals surface area contributed by atoms with E-state index in [2.05, 4.69) is 49.6 Å². The number of thiophene rings is 1. The largest absolute Gasteiger partial charge is 0.493 e. The molecule has 0 spiro atoms. The van der Waals surface area contributed by atoms with Crippen LogP contribution in [0.4, 0.5) is 5.82 Å². The standard InChI is InChI=1S/C16H16BrN3O2S/c1-9(15-4-10(17)7-23-15)20-16-11-5-13(21-2)14(22-3)6-12(11)18-8-19-16/h4-9H,1-3H3,(H,18,19,20). The Morgan fingerprint density at radius 1 is 1.13 bits per heavy atom. The first-order valence-corrected chi connectivity index (χ1v) is 8.67. The number of hydrogen-bond donors (Lipinski definition) is 1. The molecule has 5 nitrogen and oxygen atoms in total. The number of nitrogens with zero attached hydrogens (tertiary/aromatic N) is 2. The monoisotopic (exact) mass is 393 g/mol. The molecule has 0 aliphatic rings. The Kier molecular flexibility index (Phi) is 4.68. The first-order chi connectivity index (χ1) is 11.1. The van der Waals surface area contributed by atoms with Crippen molar-refractivity contribution in [2.75, 3.05) is 19.5 Å². The highest BCUT2D eigenvalue weighted by Crippen LogP contribution is 2.35. The van der Waals surface area contributed by atoms with Crippen molar-refractivity contribution < 1.29 is 9.47 Å². The van der Waals surface area contributed by atoms with Crippen LogP contribution >= 0.6 is 27.3 Å². The molecule has 1 atom stereocenters. The lowest BCUT2D eigenvalue weighted by molar-refractivity contribution is 0.356. The summed E-state index contributed by atoms with van der Waals surface area (Å²) in [5.41, 5.74) is 0.805. The van der Waals surface area contributed by atoms with Crippen molar-refractivity contribution in [3.63, 3.8) is 0 Å². The minimum Gasteiger partial charge on any atom is -0.493 e. The molecule has 23 heavy (non-hydrogen) atoms. The first-order valence-electron chi connectivity index (χ1n) is 6.99. The summed E-state index contributed by atoms with van der Waals surface area (Å²) >= 11 is 5.19. The molecule has 1 unspecified atom stereocenters. The van der Waals surface area contributed by atoms with Gasteiger partial charge in [-0.3, -0.25) is 0 Å². The quantitative estimate of drug-likeness (QED) is 0.683. The smallest absolute Gasteiger partial charge is 0.162 e. The maximum atomic E-state index is 5.38. The van der Waals surface area contributed by atoms with E-state index in [1.807, 2.05) is 12.1 Å². The second kappa shape index (κ2) is 6.72. The van der Waals surface area contributed by atoms with E-state index in [0.717, 1.165) is 21.2 Å². The van der Waals surface area contributed by atoms with Gasteiger partial charge in [0.25, 0.3) is 0 Å². The number of hydrogen-bond acceptors (Lipinski definition) is 6. The van der Waals surface area contributed by atoms with Gasteiger partial charge in [-0.05, 0) is 35.0 Å². The lowest BCUT2D eigenvalue weighted by atomic mass is 10.2. The fraction of sp³-hybridized carbons (Fsp3) is 0.250. The zero-order chi connectivity index (χ0) is 16.4. The van der Waals surface area contributed by atoms with Crippen molar-refractivity contribution in [1.82, 2.24) is 9.97 Å². The summed E-state index contributed by atoms with van der Waals surface area (Å²) in [6, 6.07) is 5.99. The van der Waals surface area contributed by atoms with Gasteiger partial charge >= 0.3 is 0 Å². The average Bonchev–Trinajstić information content (AvgIpc) is 3.00. The number of halogens is 1. The third kappa shape index (κ3) is 3.25. The van der Waals surface area contributed by atoms with Crippen LogP contribution in [0.1, 0.15) is 17.8 Å². The van der Waals surface area contributed by atoms with Gasteiger partial charge in [0.05, 0.1) is 25.8 Å². The number of ether oxygens (including phenoxy) is 2. The molecular weight excluding hydrogens is 378 g/mol.